The van der Waals surface area contributed by atoms with E-state index in [-0.39, 0.29) is 5.41 Å². The molecular formula is C46H46ClN2O3S+. The fourth-order valence-corrected chi connectivity index (χ4v) is 9.53. The third-order valence-corrected chi connectivity index (χ3v) is 12.7. The van der Waals surface area contributed by atoms with Crippen LogP contribution in [-0.2, 0) is 25.2 Å². The lowest BCUT2D eigenvalue weighted by Gasteiger charge is -2.32. The predicted octanol–water partition coefficient (Wildman–Crippen LogP) is 12.5. The Morgan fingerprint density at radius 2 is 1.51 bits per heavy atom. The topological polar surface area (TPSA) is 33.9 Å². The summed E-state index contributed by atoms with van der Waals surface area (Å²) in [5.41, 5.74) is 8.90. The van der Waals surface area contributed by atoms with Crippen LogP contribution in [-0.4, -0.2) is 23.5 Å². The molecule has 0 bridgehead atoms. The number of halogens is 1. The summed E-state index contributed by atoms with van der Waals surface area (Å²) in [5.74, 6) is 0. The molecule has 0 amide bonds. The van der Waals surface area contributed by atoms with Gasteiger partial charge in [0, 0.05) is 46.3 Å². The molecule has 2 aliphatic heterocycles. The van der Waals surface area contributed by atoms with E-state index in [9.17, 15) is 0 Å². The summed E-state index contributed by atoms with van der Waals surface area (Å²) in [4.78, 5) is 9.36. The van der Waals surface area contributed by atoms with Gasteiger partial charge in [0.15, 0.2) is 0 Å². The maximum atomic E-state index is 7.28. The molecule has 53 heavy (non-hydrogen) atoms. The summed E-state index contributed by atoms with van der Waals surface area (Å²) in [7, 11) is 2.24. The maximum absolute atomic E-state index is 7.28. The highest BCUT2D eigenvalue weighted by Crippen LogP contribution is 2.50. The molecule has 5 nitrogen and oxygen atoms in total. The molecule has 0 saturated carbocycles. The molecule has 7 heteroatoms. The van der Waals surface area contributed by atoms with Crippen molar-refractivity contribution in [2.24, 2.45) is 0 Å². The minimum Gasteiger partial charge on any atom is -0.370 e. The van der Waals surface area contributed by atoms with E-state index in [0.717, 1.165) is 64.6 Å². The van der Waals surface area contributed by atoms with Crippen LogP contribution in [0.3, 0.4) is 0 Å². The summed E-state index contributed by atoms with van der Waals surface area (Å²) in [6.07, 6.45) is 10.6. The fraction of sp³-hybridized carbons (Fsp3) is 0.283. The van der Waals surface area contributed by atoms with E-state index in [1.807, 2.05) is 24.3 Å². The van der Waals surface area contributed by atoms with Gasteiger partial charge < -0.3 is 4.90 Å². The summed E-state index contributed by atoms with van der Waals surface area (Å²) < 4.78 is 7.22. The van der Waals surface area contributed by atoms with Gasteiger partial charge in [0.25, 0.3) is 5.69 Å². The van der Waals surface area contributed by atoms with Crippen molar-refractivity contribution in [3.8, 4) is 0 Å². The Bertz CT molecular complexity index is 2350. The molecule has 1 aliphatic carbocycles. The smallest absolute Gasteiger partial charge is 0.266 e. The van der Waals surface area contributed by atoms with E-state index in [4.69, 9.17) is 26.0 Å². The van der Waals surface area contributed by atoms with Crippen LogP contribution in [0.25, 0.3) is 21.5 Å². The van der Waals surface area contributed by atoms with Gasteiger partial charge in [0.1, 0.15) is 0 Å². The lowest BCUT2D eigenvalue weighted by Crippen LogP contribution is -2.39. The third-order valence-electron chi connectivity index (χ3n) is 11.6. The number of fused-ring (bicyclic) bond motifs is 6. The van der Waals surface area contributed by atoms with Crippen molar-refractivity contribution in [1.82, 2.24) is 0 Å². The lowest BCUT2D eigenvalue weighted by atomic mass is 9.77. The number of nitrogens with zero attached hydrogens (tertiary/aromatic N) is 2. The second-order valence-corrected chi connectivity index (χ2v) is 16.8. The van der Waals surface area contributed by atoms with Crippen molar-refractivity contribution < 1.29 is 19.1 Å². The van der Waals surface area contributed by atoms with Gasteiger partial charge in [-0.1, -0.05) is 110 Å². The highest BCUT2D eigenvalue weighted by Gasteiger charge is 2.49. The molecule has 270 valence electrons. The number of rotatable bonds is 9. The first-order chi connectivity index (χ1) is 25.6. The molecule has 0 radical (unpaired) electrons. The van der Waals surface area contributed by atoms with E-state index in [2.05, 4.69) is 138 Å². The van der Waals surface area contributed by atoms with E-state index in [1.54, 1.807) is 4.74 Å². The number of allylic oxidation sites excluding steroid dienone is 5. The van der Waals surface area contributed by atoms with Gasteiger partial charge >= 0.3 is 0 Å². The standard InChI is InChI=1S/C46H46ClN2O3S/c1-30-18-24-35(25-19-30)53-52-51-50-49-39-27-21-32-13-8-10-17-37(32)43(39)46(4,5)41(49)29-23-34-15-11-14-33(44(34)47)22-28-40-45(2,3)42-36-16-9-7-12-31(36)20-26-38(42)48(40)6/h7-10,12-13,16-27,29,40H,11,14-15,28H2,1-6H3/q+1. The highest BCUT2D eigenvalue weighted by atomic mass is 35.5. The van der Waals surface area contributed by atoms with Crippen LogP contribution in [0, 0.1) is 6.92 Å². The van der Waals surface area contributed by atoms with Crippen molar-refractivity contribution in [1.29, 1.82) is 0 Å². The lowest BCUT2D eigenvalue weighted by molar-refractivity contribution is -0.860. The van der Waals surface area contributed by atoms with Gasteiger partial charge in [-0.2, -0.15) is 0 Å². The van der Waals surface area contributed by atoms with Crippen LogP contribution in [0.2, 0.25) is 0 Å². The van der Waals surface area contributed by atoms with Gasteiger partial charge in [-0.05, 0) is 114 Å². The molecule has 0 aromatic heterocycles. The molecule has 0 spiro atoms. The minimum atomic E-state index is -0.404. The second-order valence-electron chi connectivity index (χ2n) is 15.6. The number of aryl methyl sites for hydroxylation is 1. The van der Waals surface area contributed by atoms with Crippen LogP contribution in [0.5, 0.6) is 0 Å². The van der Waals surface area contributed by atoms with Gasteiger partial charge in [0.05, 0.1) is 32.8 Å². The van der Waals surface area contributed by atoms with E-state index < -0.39 is 5.41 Å². The number of anilines is 1. The Hall–Kier alpha value is -4.33. The van der Waals surface area contributed by atoms with Gasteiger partial charge in [-0.25, -0.2) is 0 Å². The average molecular weight is 742 g/mol. The average Bonchev–Trinajstić information content (AvgIpc) is 3.50. The molecule has 3 aliphatic rings. The molecular weight excluding hydrogens is 696 g/mol. The van der Waals surface area contributed by atoms with Crippen molar-refractivity contribution in [3.63, 3.8) is 0 Å². The van der Waals surface area contributed by atoms with Crippen molar-refractivity contribution in [2.45, 2.75) is 82.1 Å². The molecule has 1 atom stereocenters. The van der Waals surface area contributed by atoms with E-state index in [1.165, 1.54) is 49.5 Å². The fourth-order valence-electron chi connectivity index (χ4n) is 8.82. The zero-order valence-electron chi connectivity index (χ0n) is 31.3. The molecule has 5 aromatic rings. The minimum absolute atomic E-state index is 0.0205. The van der Waals surface area contributed by atoms with E-state index >= 15 is 0 Å². The predicted molar refractivity (Wildman–Crippen MR) is 220 cm³/mol. The molecule has 2 heterocycles. The Morgan fingerprint density at radius 1 is 0.830 bits per heavy atom. The molecule has 5 aromatic carbocycles. The molecule has 8 rings (SSSR count). The van der Waals surface area contributed by atoms with Crippen molar-refractivity contribution >= 4 is 62.3 Å². The first kappa shape index (κ1) is 35.7. The monoisotopic (exact) mass is 741 g/mol. The molecule has 0 fully saturated rings. The zero-order valence-corrected chi connectivity index (χ0v) is 32.9. The Morgan fingerprint density at radius 3 is 2.25 bits per heavy atom. The molecule has 1 unspecified atom stereocenters. The Kier molecular flexibility index (Phi) is 9.53. The Balaban J connectivity index is 1.08. The normalized spacial score (nSPS) is 19.9. The first-order valence-corrected chi connectivity index (χ1v) is 19.6. The second kappa shape index (κ2) is 14.1. The van der Waals surface area contributed by atoms with Crippen LogP contribution < -0.4 is 4.90 Å². The van der Waals surface area contributed by atoms with Crippen molar-refractivity contribution in [3.05, 3.63) is 148 Å². The largest absolute Gasteiger partial charge is 0.370 e. The Labute approximate surface area is 322 Å². The van der Waals surface area contributed by atoms with Gasteiger partial charge in [-0.15, -0.1) is 4.33 Å². The first-order valence-electron chi connectivity index (χ1n) is 18.5. The molecule has 0 saturated heterocycles. The summed E-state index contributed by atoms with van der Waals surface area (Å²) in [6, 6.07) is 34.4. The van der Waals surface area contributed by atoms with Crippen LogP contribution in [0.4, 0.5) is 11.4 Å². The summed E-state index contributed by atoms with van der Waals surface area (Å²) in [6.45, 7) is 11.3. The highest BCUT2D eigenvalue weighted by molar-refractivity contribution is 7.94. The summed E-state index contributed by atoms with van der Waals surface area (Å²) >= 11 is 8.39. The van der Waals surface area contributed by atoms with Crippen LogP contribution in [0.15, 0.2) is 136 Å². The van der Waals surface area contributed by atoms with E-state index in [0.29, 0.717) is 6.04 Å². The van der Waals surface area contributed by atoms with Crippen LogP contribution in [0.1, 0.15) is 70.1 Å². The van der Waals surface area contributed by atoms with Gasteiger partial charge in [0.2, 0.25) is 5.71 Å². The number of hydrogen-bond acceptors (Lipinski definition) is 5. The SMILES string of the molecule is Cc1ccc(SOOO[N+]2=C(C=CC3=C(Cl)C(=CCC4N(C)c5ccc6ccccc6c5C4(C)C)CCC3)C(C)(C)c3c2ccc2ccccc32)cc1. The quantitative estimate of drug-likeness (QED) is 0.0494. The maximum Gasteiger partial charge on any atom is 0.266 e. The zero-order chi connectivity index (χ0) is 36.9. The summed E-state index contributed by atoms with van der Waals surface area (Å²) in [5, 5.41) is 11.3. The van der Waals surface area contributed by atoms with Gasteiger partial charge in [-0.3, -0.25) is 0 Å². The number of likely N-dealkylation sites (N-methyl/N-ethyl adjacent to an activating group) is 1. The van der Waals surface area contributed by atoms with Crippen LogP contribution >= 0.6 is 23.6 Å². The number of hydrogen-bond donors (Lipinski definition) is 0. The van der Waals surface area contributed by atoms with Crippen molar-refractivity contribution in [2.75, 3.05) is 11.9 Å². The number of benzene rings is 5. The third kappa shape index (κ3) is 6.40. The molecule has 0 N–H and O–H groups in total.